The van der Waals surface area contributed by atoms with E-state index < -0.39 is 0 Å². The molecule has 1 amide bonds. The maximum Gasteiger partial charge on any atom is 0.230 e. The van der Waals surface area contributed by atoms with Crippen molar-refractivity contribution in [2.24, 2.45) is 0 Å². The summed E-state index contributed by atoms with van der Waals surface area (Å²) in [6, 6.07) is 5.66. The van der Waals surface area contributed by atoms with Crippen molar-refractivity contribution < 1.29 is 4.79 Å². The van der Waals surface area contributed by atoms with Gasteiger partial charge in [-0.05, 0) is 40.5 Å². The number of anilines is 1. The van der Waals surface area contributed by atoms with Crippen LogP contribution in [0.5, 0.6) is 0 Å². The van der Waals surface area contributed by atoms with Gasteiger partial charge in [0.1, 0.15) is 0 Å². The first kappa shape index (κ1) is 14.7. The number of carbonyl (C=O) groups excluding carboxylic acids is 1. The van der Waals surface area contributed by atoms with Gasteiger partial charge in [-0.1, -0.05) is 22.9 Å². The molecule has 6 heteroatoms. The number of amides is 1. The number of benzene rings is 1. The molecule has 1 aromatic carbocycles. The van der Waals surface area contributed by atoms with Gasteiger partial charge in [0.05, 0.1) is 22.8 Å². The van der Waals surface area contributed by atoms with E-state index in [1.54, 1.807) is 11.3 Å². The summed E-state index contributed by atoms with van der Waals surface area (Å²) in [7, 11) is 0. The lowest BCUT2D eigenvalue weighted by molar-refractivity contribution is -0.115. The smallest absolute Gasteiger partial charge is 0.230 e. The van der Waals surface area contributed by atoms with E-state index in [0.717, 1.165) is 31.8 Å². The summed E-state index contributed by atoms with van der Waals surface area (Å²) in [5.41, 5.74) is 1.58. The Morgan fingerprint density at radius 2 is 2.21 bits per heavy atom. The van der Waals surface area contributed by atoms with E-state index in [1.165, 1.54) is 0 Å². The van der Waals surface area contributed by atoms with E-state index in [9.17, 15) is 4.79 Å². The van der Waals surface area contributed by atoms with E-state index in [0.29, 0.717) is 6.42 Å². The van der Waals surface area contributed by atoms with Crippen LogP contribution in [0.25, 0.3) is 0 Å². The van der Waals surface area contributed by atoms with Gasteiger partial charge in [-0.3, -0.25) is 4.79 Å². The highest BCUT2D eigenvalue weighted by Crippen LogP contribution is 2.26. The van der Waals surface area contributed by atoms with Crippen LogP contribution in [0.3, 0.4) is 0 Å². The number of thiazole rings is 1. The second-order valence-corrected chi connectivity index (χ2v) is 6.65. The van der Waals surface area contributed by atoms with Gasteiger partial charge in [0.2, 0.25) is 5.91 Å². The third-order valence-electron chi connectivity index (χ3n) is 2.45. The minimum Gasteiger partial charge on any atom is -0.325 e. The molecule has 0 spiro atoms. The van der Waals surface area contributed by atoms with Crippen LogP contribution in [0.2, 0.25) is 0 Å². The number of carbonyl (C=O) groups is 1. The maximum absolute atomic E-state index is 12.0. The quantitative estimate of drug-likeness (QED) is 0.821. The van der Waals surface area contributed by atoms with Gasteiger partial charge in [-0.15, -0.1) is 11.3 Å². The van der Waals surface area contributed by atoms with E-state index in [1.807, 2.05) is 23.6 Å². The zero-order valence-electron chi connectivity index (χ0n) is 10.2. The van der Waals surface area contributed by atoms with Crippen LogP contribution in [0.15, 0.2) is 32.5 Å². The highest BCUT2D eigenvalue weighted by atomic mass is 79.9. The predicted octanol–water partition coefficient (Wildman–Crippen LogP) is 4.41. The van der Waals surface area contributed by atoms with Crippen LogP contribution in [0, 0.1) is 0 Å². The SMILES string of the molecule is CCc1nc(CC(=O)Nc2cc(Br)ccc2Br)cs1. The number of hydrogen-bond donors (Lipinski definition) is 1. The van der Waals surface area contributed by atoms with Gasteiger partial charge in [0.25, 0.3) is 0 Å². The molecule has 3 nitrogen and oxygen atoms in total. The first-order valence-corrected chi connectivity index (χ1v) is 8.23. The zero-order chi connectivity index (χ0) is 13.8. The van der Waals surface area contributed by atoms with E-state index >= 15 is 0 Å². The fraction of sp³-hybridized carbons (Fsp3) is 0.231. The fourth-order valence-electron chi connectivity index (χ4n) is 1.54. The van der Waals surface area contributed by atoms with Gasteiger partial charge in [-0.25, -0.2) is 4.98 Å². The second-order valence-electron chi connectivity index (χ2n) is 3.94. The van der Waals surface area contributed by atoms with Crippen LogP contribution in [-0.2, 0) is 17.6 Å². The van der Waals surface area contributed by atoms with Crippen LogP contribution in [0.1, 0.15) is 17.6 Å². The molecule has 1 N–H and O–H groups in total. The molecular formula is C13H12Br2N2OS. The number of nitrogens with one attached hydrogen (secondary N) is 1. The molecule has 0 aliphatic heterocycles. The minimum absolute atomic E-state index is 0.0632. The molecule has 0 aliphatic carbocycles. The average molecular weight is 404 g/mol. The molecule has 0 saturated carbocycles. The Morgan fingerprint density at radius 1 is 1.42 bits per heavy atom. The van der Waals surface area contributed by atoms with Crippen molar-refractivity contribution in [1.82, 2.24) is 4.98 Å². The fourth-order valence-corrected chi connectivity index (χ4v) is 3.00. The van der Waals surface area contributed by atoms with Gasteiger partial charge >= 0.3 is 0 Å². The number of rotatable bonds is 4. The van der Waals surface area contributed by atoms with Crippen LogP contribution < -0.4 is 5.32 Å². The Bertz CT molecular complexity index is 598. The summed E-state index contributed by atoms with van der Waals surface area (Å²) in [4.78, 5) is 16.3. The molecule has 19 heavy (non-hydrogen) atoms. The van der Waals surface area contributed by atoms with Crippen molar-refractivity contribution in [2.75, 3.05) is 5.32 Å². The van der Waals surface area contributed by atoms with Crippen molar-refractivity contribution in [2.45, 2.75) is 19.8 Å². The van der Waals surface area contributed by atoms with Crippen molar-refractivity contribution in [3.8, 4) is 0 Å². The molecule has 0 radical (unpaired) electrons. The Balaban J connectivity index is 2.03. The molecule has 100 valence electrons. The molecule has 1 aromatic heterocycles. The molecule has 0 saturated heterocycles. The number of nitrogens with zero attached hydrogens (tertiary/aromatic N) is 1. The Kier molecular flexibility index (Phi) is 5.13. The van der Waals surface area contributed by atoms with Crippen molar-refractivity contribution in [3.05, 3.63) is 43.2 Å². The van der Waals surface area contributed by atoms with Gasteiger partial charge in [-0.2, -0.15) is 0 Å². The molecule has 0 bridgehead atoms. The highest BCUT2D eigenvalue weighted by molar-refractivity contribution is 9.11. The summed E-state index contributed by atoms with van der Waals surface area (Å²) in [6.07, 6.45) is 1.21. The standard InChI is InChI=1S/C13H12Br2N2OS/c1-2-13-16-9(7-19-13)6-12(18)17-11-5-8(14)3-4-10(11)15/h3-5,7H,2,6H2,1H3,(H,17,18). The molecule has 1 heterocycles. The number of aryl methyl sites for hydroxylation is 1. The van der Waals surface area contributed by atoms with Gasteiger partial charge < -0.3 is 5.32 Å². The molecule has 0 aliphatic rings. The highest BCUT2D eigenvalue weighted by Gasteiger charge is 2.09. The summed E-state index contributed by atoms with van der Waals surface area (Å²) in [5.74, 6) is -0.0632. The number of halogens is 2. The summed E-state index contributed by atoms with van der Waals surface area (Å²) < 4.78 is 1.78. The minimum atomic E-state index is -0.0632. The topological polar surface area (TPSA) is 42.0 Å². The Labute approximate surface area is 132 Å². The number of aromatic nitrogens is 1. The van der Waals surface area contributed by atoms with Gasteiger partial charge in [0.15, 0.2) is 0 Å². The van der Waals surface area contributed by atoms with Crippen LogP contribution in [-0.4, -0.2) is 10.9 Å². The van der Waals surface area contributed by atoms with E-state index in [2.05, 4.69) is 49.1 Å². The van der Waals surface area contributed by atoms with Crippen molar-refractivity contribution >= 4 is 54.8 Å². The van der Waals surface area contributed by atoms with E-state index in [-0.39, 0.29) is 5.91 Å². The molecular weight excluding hydrogens is 392 g/mol. The maximum atomic E-state index is 12.0. The Hall–Kier alpha value is -0.720. The third-order valence-corrected chi connectivity index (χ3v) is 4.67. The molecule has 2 rings (SSSR count). The summed E-state index contributed by atoms with van der Waals surface area (Å²) in [5, 5.41) is 5.88. The monoisotopic (exact) mass is 402 g/mol. The average Bonchev–Trinajstić information content (AvgIpc) is 2.81. The molecule has 0 atom stereocenters. The zero-order valence-corrected chi connectivity index (χ0v) is 14.2. The van der Waals surface area contributed by atoms with Crippen LogP contribution >= 0.6 is 43.2 Å². The first-order valence-electron chi connectivity index (χ1n) is 5.76. The lowest BCUT2D eigenvalue weighted by Crippen LogP contribution is -2.15. The van der Waals surface area contributed by atoms with Gasteiger partial charge in [0, 0.05) is 14.3 Å². The molecule has 0 fully saturated rings. The molecule has 0 unspecified atom stereocenters. The summed E-state index contributed by atoms with van der Waals surface area (Å²) >= 11 is 8.39. The number of hydrogen-bond acceptors (Lipinski definition) is 3. The summed E-state index contributed by atoms with van der Waals surface area (Å²) in [6.45, 7) is 2.06. The Morgan fingerprint density at radius 3 is 2.89 bits per heavy atom. The lowest BCUT2D eigenvalue weighted by atomic mass is 10.3. The van der Waals surface area contributed by atoms with Crippen LogP contribution in [0.4, 0.5) is 5.69 Å². The predicted molar refractivity (Wildman–Crippen MR) is 85.7 cm³/mol. The normalized spacial score (nSPS) is 10.5. The van der Waals surface area contributed by atoms with Crippen molar-refractivity contribution in [3.63, 3.8) is 0 Å². The third kappa shape index (κ3) is 4.12. The van der Waals surface area contributed by atoms with Crippen molar-refractivity contribution in [1.29, 1.82) is 0 Å². The molecule has 2 aromatic rings. The largest absolute Gasteiger partial charge is 0.325 e. The second kappa shape index (κ2) is 6.63. The lowest BCUT2D eigenvalue weighted by Gasteiger charge is -2.07. The first-order chi connectivity index (χ1) is 9.08. The van der Waals surface area contributed by atoms with E-state index in [4.69, 9.17) is 0 Å².